The molecule has 0 atom stereocenters. The summed E-state index contributed by atoms with van der Waals surface area (Å²) in [4.78, 5) is 17.9. The molecular formula is C17H22ClFN6O2. The molecule has 2 aromatic rings. The summed E-state index contributed by atoms with van der Waals surface area (Å²) in [5.74, 6) is 1.28. The Morgan fingerprint density at radius 2 is 1.41 bits per heavy atom. The van der Waals surface area contributed by atoms with Gasteiger partial charge in [-0.1, -0.05) is 6.07 Å². The van der Waals surface area contributed by atoms with E-state index in [2.05, 4.69) is 30.1 Å². The lowest BCUT2D eigenvalue weighted by atomic mass is 10.3. The van der Waals surface area contributed by atoms with E-state index in [4.69, 9.17) is 9.47 Å². The number of nitrogens with one attached hydrogen (secondary N) is 1. The van der Waals surface area contributed by atoms with Gasteiger partial charge < -0.3 is 24.6 Å². The molecule has 1 aromatic carbocycles. The predicted molar refractivity (Wildman–Crippen MR) is 103 cm³/mol. The molecule has 0 bridgehead atoms. The van der Waals surface area contributed by atoms with Crippen molar-refractivity contribution in [1.82, 2.24) is 15.0 Å². The lowest BCUT2D eigenvalue weighted by Gasteiger charge is -2.30. The third-order valence-corrected chi connectivity index (χ3v) is 4.28. The Morgan fingerprint density at radius 1 is 0.852 bits per heavy atom. The van der Waals surface area contributed by atoms with Crippen LogP contribution in [0.1, 0.15) is 0 Å². The van der Waals surface area contributed by atoms with E-state index in [9.17, 15) is 4.39 Å². The number of anilines is 4. The fourth-order valence-corrected chi connectivity index (χ4v) is 2.91. The van der Waals surface area contributed by atoms with E-state index in [1.807, 2.05) is 0 Å². The Morgan fingerprint density at radius 3 is 1.93 bits per heavy atom. The number of rotatable bonds is 4. The van der Waals surface area contributed by atoms with Gasteiger partial charge in [-0.05, 0) is 18.2 Å². The van der Waals surface area contributed by atoms with Crippen molar-refractivity contribution in [3.63, 3.8) is 0 Å². The van der Waals surface area contributed by atoms with Gasteiger partial charge in [0.25, 0.3) is 0 Å². The number of hydrogen-bond acceptors (Lipinski definition) is 8. The summed E-state index contributed by atoms with van der Waals surface area (Å²) in [6.45, 7) is 5.49. The first-order valence-electron chi connectivity index (χ1n) is 8.72. The minimum Gasteiger partial charge on any atom is -0.378 e. The van der Waals surface area contributed by atoms with Gasteiger partial charge in [0.2, 0.25) is 17.8 Å². The van der Waals surface area contributed by atoms with E-state index in [1.165, 1.54) is 12.1 Å². The second-order valence-corrected chi connectivity index (χ2v) is 6.09. The third kappa shape index (κ3) is 4.94. The molecule has 27 heavy (non-hydrogen) atoms. The van der Waals surface area contributed by atoms with Crippen molar-refractivity contribution in [2.24, 2.45) is 0 Å². The lowest BCUT2D eigenvalue weighted by molar-refractivity contribution is 0.121. The van der Waals surface area contributed by atoms with Crippen LogP contribution in [0.15, 0.2) is 24.3 Å². The highest BCUT2D eigenvalue weighted by Gasteiger charge is 2.20. The summed E-state index contributed by atoms with van der Waals surface area (Å²) in [5.41, 5.74) is 0.594. The van der Waals surface area contributed by atoms with Crippen LogP contribution in [-0.4, -0.2) is 67.6 Å². The minimum atomic E-state index is -0.314. The average molecular weight is 397 g/mol. The number of aromatic nitrogens is 3. The van der Waals surface area contributed by atoms with Gasteiger partial charge in [-0.15, -0.1) is 12.4 Å². The summed E-state index contributed by atoms with van der Waals surface area (Å²) in [5, 5.41) is 3.09. The summed E-state index contributed by atoms with van der Waals surface area (Å²) in [7, 11) is 0. The molecule has 1 N–H and O–H groups in total. The molecule has 3 heterocycles. The Balaban J connectivity index is 0.00000210. The van der Waals surface area contributed by atoms with E-state index < -0.39 is 0 Å². The maximum Gasteiger partial charge on any atom is 0.233 e. The second kappa shape index (κ2) is 9.12. The fraction of sp³-hybridized carbons (Fsp3) is 0.471. The van der Waals surface area contributed by atoms with Gasteiger partial charge in [0.1, 0.15) is 5.82 Å². The Kier molecular flexibility index (Phi) is 6.59. The molecule has 0 unspecified atom stereocenters. The normalized spacial score (nSPS) is 17.4. The van der Waals surface area contributed by atoms with Crippen LogP contribution in [0.25, 0.3) is 0 Å². The van der Waals surface area contributed by atoms with Crippen molar-refractivity contribution >= 4 is 35.9 Å². The van der Waals surface area contributed by atoms with Crippen molar-refractivity contribution in [3.05, 3.63) is 30.1 Å². The molecule has 0 amide bonds. The number of morpholine rings is 2. The Hall–Kier alpha value is -2.23. The highest BCUT2D eigenvalue weighted by molar-refractivity contribution is 5.85. The summed E-state index contributed by atoms with van der Waals surface area (Å²) in [6, 6.07) is 6.23. The van der Waals surface area contributed by atoms with Gasteiger partial charge in [-0.25, -0.2) is 4.39 Å². The first kappa shape index (κ1) is 19.5. The minimum absolute atomic E-state index is 0. The van der Waals surface area contributed by atoms with Crippen LogP contribution in [0.3, 0.4) is 0 Å². The Bertz CT molecular complexity index is 720. The van der Waals surface area contributed by atoms with E-state index in [0.717, 1.165) is 26.2 Å². The van der Waals surface area contributed by atoms with E-state index in [0.29, 0.717) is 50.0 Å². The Labute approximate surface area is 163 Å². The number of benzene rings is 1. The first-order valence-corrected chi connectivity index (χ1v) is 8.72. The molecular weight excluding hydrogens is 375 g/mol. The van der Waals surface area contributed by atoms with Crippen molar-refractivity contribution in [3.8, 4) is 0 Å². The highest BCUT2D eigenvalue weighted by Crippen LogP contribution is 2.21. The quantitative estimate of drug-likeness (QED) is 0.839. The fourth-order valence-electron chi connectivity index (χ4n) is 2.91. The van der Waals surface area contributed by atoms with Crippen molar-refractivity contribution < 1.29 is 13.9 Å². The highest BCUT2D eigenvalue weighted by atomic mass is 35.5. The van der Waals surface area contributed by atoms with Crippen LogP contribution < -0.4 is 15.1 Å². The average Bonchev–Trinajstić information content (AvgIpc) is 2.69. The van der Waals surface area contributed by atoms with E-state index >= 15 is 0 Å². The van der Waals surface area contributed by atoms with Gasteiger partial charge in [0.05, 0.1) is 26.4 Å². The molecule has 2 fully saturated rings. The van der Waals surface area contributed by atoms with Crippen LogP contribution >= 0.6 is 12.4 Å². The van der Waals surface area contributed by atoms with Gasteiger partial charge in [-0.2, -0.15) is 15.0 Å². The molecule has 2 aliphatic heterocycles. The van der Waals surface area contributed by atoms with Gasteiger partial charge in [0, 0.05) is 31.9 Å². The molecule has 1 aromatic heterocycles. The van der Waals surface area contributed by atoms with Crippen LogP contribution in [-0.2, 0) is 9.47 Å². The molecule has 8 nitrogen and oxygen atoms in total. The molecule has 2 saturated heterocycles. The number of ether oxygens (including phenoxy) is 2. The number of halogens is 2. The maximum atomic E-state index is 13.5. The molecule has 10 heteroatoms. The summed E-state index contributed by atoms with van der Waals surface area (Å²) in [6.07, 6.45) is 0. The monoisotopic (exact) mass is 396 g/mol. The lowest BCUT2D eigenvalue weighted by Crippen LogP contribution is -2.40. The van der Waals surface area contributed by atoms with E-state index in [-0.39, 0.29) is 18.2 Å². The largest absolute Gasteiger partial charge is 0.378 e. The third-order valence-electron chi connectivity index (χ3n) is 4.28. The van der Waals surface area contributed by atoms with Crippen molar-refractivity contribution in [1.29, 1.82) is 0 Å². The molecule has 0 radical (unpaired) electrons. The standard InChI is InChI=1S/C17H21FN6O2.ClH/c18-13-2-1-3-14(12-13)19-15-20-16(23-4-8-25-9-5-23)22-17(21-15)24-6-10-26-11-7-24;/h1-3,12H,4-11H2,(H,19,20,21,22);1H. The molecule has 146 valence electrons. The van der Waals surface area contributed by atoms with Crippen LogP contribution in [0.2, 0.25) is 0 Å². The topological polar surface area (TPSA) is 75.6 Å². The summed E-state index contributed by atoms with van der Waals surface area (Å²) >= 11 is 0. The molecule has 0 spiro atoms. The van der Waals surface area contributed by atoms with Gasteiger partial charge >= 0.3 is 0 Å². The van der Waals surface area contributed by atoms with Gasteiger partial charge in [-0.3, -0.25) is 0 Å². The van der Waals surface area contributed by atoms with Gasteiger partial charge in [0.15, 0.2) is 0 Å². The molecule has 2 aliphatic rings. The van der Waals surface area contributed by atoms with Crippen LogP contribution in [0, 0.1) is 5.82 Å². The van der Waals surface area contributed by atoms with Crippen LogP contribution in [0.5, 0.6) is 0 Å². The smallest absolute Gasteiger partial charge is 0.233 e. The van der Waals surface area contributed by atoms with Crippen LogP contribution in [0.4, 0.5) is 27.9 Å². The number of nitrogens with zero attached hydrogens (tertiary/aromatic N) is 5. The SMILES string of the molecule is Cl.Fc1cccc(Nc2nc(N3CCOCC3)nc(N3CCOCC3)n2)c1. The zero-order valence-electron chi connectivity index (χ0n) is 14.8. The summed E-state index contributed by atoms with van der Waals surface area (Å²) < 4.78 is 24.3. The zero-order valence-corrected chi connectivity index (χ0v) is 15.6. The maximum absolute atomic E-state index is 13.5. The number of hydrogen-bond donors (Lipinski definition) is 1. The van der Waals surface area contributed by atoms with Crippen molar-refractivity contribution in [2.75, 3.05) is 67.7 Å². The molecule has 4 rings (SSSR count). The zero-order chi connectivity index (χ0) is 17.8. The van der Waals surface area contributed by atoms with E-state index in [1.54, 1.807) is 12.1 Å². The van der Waals surface area contributed by atoms with Crippen molar-refractivity contribution in [2.45, 2.75) is 0 Å². The molecule has 0 aliphatic carbocycles. The molecule has 0 saturated carbocycles. The predicted octanol–water partition coefficient (Wildman–Crippen LogP) is 1.85. The second-order valence-electron chi connectivity index (χ2n) is 6.09. The first-order chi connectivity index (χ1) is 12.8.